The lowest BCUT2D eigenvalue weighted by Crippen LogP contribution is -2.52. The summed E-state index contributed by atoms with van der Waals surface area (Å²) in [5.74, 6) is -0.0868. The summed E-state index contributed by atoms with van der Waals surface area (Å²) in [5.41, 5.74) is 0.190. The van der Waals surface area contributed by atoms with Gasteiger partial charge >= 0.3 is 0 Å². The van der Waals surface area contributed by atoms with E-state index in [2.05, 4.69) is 20.8 Å². The Hall–Kier alpha value is -0.530. The first-order valence-electron chi connectivity index (χ1n) is 5.65. The molecule has 0 aromatic rings. The second-order valence-corrected chi connectivity index (χ2v) is 5.10. The highest BCUT2D eigenvalue weighted by atomic mass is 16.4. The molecule has 0 N–H and O–H groups in total. The van der Waals surface area contributed by atoms with Gasteiger partial charge in [0.25, 0.3) is 0 Å². The number of rotatable bonds is 4. The number of carbonyl (C=O) groups excluding carboxylic acids is 1. The minimum Gasteiger partial charge on any atom is -0.550 e. The zero-order valence-electron chi connectivity index (χ0n) is 9.67. The second kappa shape index (κ2) is 3.92. The predicted octanol–water partition coefficient (Wildman–Crippen LogP) is 1.83. The Morgan fingerprint density at radius 3 is 2.36 bits per heavy atom. The van der Waals surface area contributed by atoms with Crippen LogP contribution >= 0.6 is 0 Å². The molecule has 0 saturated heterocycles. The Morgan fingerprint density at radius 2 is 2.07 bits per heavy atom. The van der Waals surface area contributed by atoms with E-state index in [0.29, 0.717) is 18.3 Å². The number of carbonyl (C=O) groups is 1. The lowest BCUT2D eigenvalue weighted by atomic mass is 9.50. The standard InChI is InChI=1S/C12H22O2/c1-5-8-7-10(12(8,3)4)9(6-2)11(13)14/h8-10H,5-7H2,1-4H3,(H,13,14)/p-1. The SMILES string of the molecule is CCC(C(=O)[O-])C1CC(CC)C1(C)C. The van der Waals surface area contributed by atoms with E-state index < -0.39 is 5.97 Å². The molecule has 14 heavy (non-hydrogen) atoms. The summed E-state index contributed by atoms with van der Waals surface area (Å²) >= 11 is 0. The monoisotopic (exact) mass is 197 g/mol. The largest absolute Gasteiger partial charge is 0.550 e. The van der Waals surface area contributed by atoms with Crippen LogP contribution in [0.15, 0.2) is 0 Å². The Bertz CT molecular complexity index is 220. The zero-order valence-corrected chi connectivity index (χ0v) is 9.67. The van der Waals surface area contributed by atoms with Crippen LogP contribution in [-0.4, -0.2) is 5.97 Å². The van der Waals surface area contributed by atoms with Crippen molar-refractivity contribution in [2.45, 2.75) is 47.0 Å². The summed E-state index contributed by atoms with van der Waals surface area (Å²) in [6.45, 7) is 8.51. The van der Waals surface area contributed by atoms with Gasteiger partial charge in [0.1, 0.15) is 0 Å². The van der Waals surface area contributed by atoms with Gasteiger partial charge in [-0.1, -0.05) is 34.1 Å². The van der Waals surface area contributed by atoms with E-state index in [1.165, 1.54) is 0 Å². The van der Waals surface area contributed by atoms with Crippen molar-refractivity contribution in [3.63, 3.8) is 0 Å². The molecule has 3 unspecified atom stereocenters. The number of carboxylic acid groups (broad SMARTS) is 1. The van der Waals surface area contributed by atoms with E-state index in [1.807, 2.05) is 6.92 Å². The lowest BCUT2D eigenvalue weighted by Gasteiger charge is -2.55. The highest BCUT2D eigenvalue weighted by Gasteiger charge is 2.49. The minimum absolute atomic E-state index is 0.190. The predicted molar refractivity (Wildman–Crippen MR) is 54.5 cm³/mol. The van der Waals surface area contributed by atoms with Gasteiger partial charge in [-0.3, -0.25) is 0 Å². The Balaban J connectivity index is 2.68. The molecule has 0 radical (unpaired) electrons. The third kappa shape index (κ3) is 1.67. The highest BCUT2D eigenvalue weighted by molar-refractivity contribution is 5.68. The zero-order chi connectivity index (χ0) is 10.9. The van der Waals surface area contributed by atoms with E-state index >= 15 is 0 Å². The molecular weight excluding hydrogens is 176 g/mol. The smallest absolute Gasteiger partial charge is 0.0448 e. The topological polar surface area (TPSA) is 40.1 Å². The fourth-order valence-corrected chi connectivity index (χ4v) is 3.05. The lowest BCUT2D eigenvalue weighted by molar-refractivity contribution is -0.317. The van der Waals surface area contributed by atoms with E-state index in [0.717, 1.165) is 12.8 Å². The number of aliphatic carboxylic acids is 1. The van der Waals surface area contributed by atoms with Crippen molar-refractivity contribution in [3.8, 4) is 0 Å². The molecule has 1 fully saturated rings. The first-order valence-corrected chi connectivity index (χ1v) is 5.65. The molecule has 1 rings (SSSR count). The van der Waals surface area contributed by atoms with Crippen LogP contribution in [0.5, 0.6) is 0 Å². The Morgan fingerprint density at radius 1 is 1.50 bits per heavy atom. The van der Waals surface area contributed by atoms with Crippen LogP contribution in [0.4, 0.5) is 0 Å². The van der Waals surface area contributed by atoms with Crippen molar-refractivity contribution in [1.82, 2.24) is 0 Å². The molecule has 0 heterocycles. The maximum atomic E-state index is 10.9. The van der Waals surface area contributed by atoms with Crippen LogP contribution in [-0.2, 0) is 4.79 Å². The van der Waals surface area contributed by atoms with Crippen molar-refractivity contribution in [2.75, 3.05) is 0 Å². The van der Waals surface area contributed by atoms with Crippen molar-refractivity contribution in [1.29, 1.82) is 0 Å². The molecule has 2 heteroatoms. The number of carboxylic acids is 1. The van der Waals surface area contributed by atoms with Gasteiger partial charge in [0.15, 0.2) is 0 Å². The van der Waals surface area contributed by atoms with Gasteiger partial charge in [0, 0.05) is 11.9 Å². The van der Waals surface area contributed by atoms with Crippen molar-refractivity contribution < 1.29 is 9.90 Å². The summed E-state index contributed by atoms with van der Waals surface area (Å²) in [7, 11) is 0. The summed E-state index contributed by atoms with van der Waals surface area (Å²) in [6, 6.07) is 0. The van der Waals surface area contributed by atoms with Crippen LogP contribution in [0.25, 0.3) is 0 Å². The molecule has 0 aromatic carbocycles. The van der Waals surface area contributed by atoms with Crippen molar-refractivity contribution in [3.05, 3.63) is 0 Å². The number of hydrogen-bond acceptors (Lipinski definition) is 2. The van der Waals surface area contributed by atoms with Gasteiger partial charge < -0.3 is 9.90 Å². The molecule has 1 aliphatic rings. The summed E-state index contributed by atoms with van der Waals surface area (Å²) < 4.78 is 0. The van der Waals surface area contributed by atoms with Crippen LogP contribution in [0.2, 0.25) is 0 Å². The molecule has 2 nitrogen and oxygen atoms in total. The van der Waals surface area contributed by atoms with Crippen LogP contribution in [0.1, 0.15) is 47.0 Å². The van der Waals surface area contributed by atoms with Crippen molar-refractivity contribution in [2.24, 2.45) is 23.2 Å². The molecule has 0 amide bonds. The number of hydrogen-bond donors (Lipinski definition) is 0. The van der Waals surface area contributed by atoms with Gasteiger partial charge in [-0.15, -0.1) is 0 Å². The van der Waals surface area contributed by atoms with E-state index in [4.69, 9.17) is 0 Å². The molecule has 0 bridgehead atoms. The third-order valence-corrected chi connectivity index (χ3v) is 4.27. The fraction of sp³-hybridized carbons (Fsp3) is 0.917. The first-order chi connectivity index (χ1) is 6.45. The molecule has 0 aromatic heterocycles. The van der Waals surface area contributed by atoms with Crippen LogP contribution in [0.3, 0.4) is 0 Å². The normalized spacial score (nSPS) is 32.0. The first kappa shape index (κ1) is 11.5. The molecule has 1 aliphatic carbocycles. The average molecular weight is 197 g/mol. The Labute approximate surface area is 86.7 Å². The van der Waals surface area contributed by atoms with E-state index in [1.54, 1.807) is 0 Å². The van der Waals surface area contributed by atoms with Crippen LogP contribution < -0.4 is 5.11 Å². The highest BCUT2D eigenvalue weighted by Crippen LogP contribution is 2.56. The average Bonchev–Trinajstić information content (AvgIpc) is 2.10. The van der Waals surface area contributed by atoms with E-state index in [9.17, 15) is 9.90 Å². The third-order valence-electron chi connectivity index (χ3n) is 4.27. The van der Waals surface area contributed by atoms with E-state index in [-0.39, 0.29) is 11.3 Å². The molecule has 1 saturated carbocycles. The quantitative estimate of drug-likeness (QED) is 0.690. The maximum absolute atomic E-state index is 10.9. The summed E-state index contributed by atoms with van der Waals surface area (Å²) in [6.07, 6.45) is 2.93. The maximum Gasteiger partial charge on any atom is 0.0448 e. The minimum atomic E-state index is -0.861. The molecular formula is C12H21O2-. The van der Waals surface area contributed by atoms with Gasteiger partial charge in [0.05, 0.1) is 0 Å². The Kier molecular flexibility index (Phi) is 3.23. The van der Waals surface area contributed by atoms with Gasteiger partial charge in [-0.2, -0.15) is 0 Å². The van der Waals surface area contributed by atoms with Crippen molar-refractivity contribution >= 4 is 5.97 Å². The molecule has 0 spiro atoms. The molecule has 0 aliphatic heterocycles. The van der Waals surface area contributed by atoms with Gasteiger partial charge in [-0.05, 0) is 30.1 Å². The molecule has 3 atom stereocenters. The summed E-state index contributed by atoms with van der Waals surface area (Å²) in [5, 5.41) is 10.9. The summed E-state index contributed by atoms with van der Waals surface area (Å²) in [4.78, 5) is 10.9. The van der Waals surface area contributed by atoms with Gasteiger partial charge in [-0.25, -0.2) is 0 Å². The van der Waals surface area contributed by atoms with Crippen LogP contribution in [0, 0.1) is 23.2 Å². The second-order valence-electron chi connectivity index (χ2n) is 5.10. The molecule has 82 valence electrons. The van der Waals surface area contributed by atoms with Gasteiger partial charge in [0.2, 0.25) is 0 Å². The fourth-order valence-electron chi connectivity index (χ4n) is 3.05.